The van der Waals surface area contributed by atoms with Crippen molar-refractivity contribution >= 4 is 40.4 Å². The highest BCUT2D eigenvalue weighted by molar-refractivity contribution is 7.12. The number of thiophene rings is 1. The molecule has 0 aliphatic carbocycles. The lowest BCUT2D eigenvalue weighted by Crippen LogP contribution is -2.13. The van der Waals surface area contributed by atoms with Crippen LogP contribution in [0.15, 0.2) is 29.8 Å². The molecule has 0 bridgehead atoms. The predicted molar refractivity (Wildman–Crippen MR) is 65.9 cm³/mol. The highest BCUT2D eigenvalue weighted by Crippen LogP contribution is 2.22. The van der Waals surface area contributed by atoms with E-state index < -0.39 is 0 Å². The SMILES string of the molecule is Nc1ccsc1C(=O)Nc1ncccc1Cl. The predicted octanol–water partition coefficient (Wildman–Crippen LogP) is 2.63. The van der Waals surface area contributed by atoms with Gasteiger partial charge in [0.15, 0.2) is 5.82 Å². The van der Waals surface area contributed by atoms with Crippen molar-refractivity contribution in [3.8, 4) is 0 Å². The standard InChI is InChI=1S/C10H8ClN3OS/c11-6-2-1-4-13-9(6)14-10(15)8-7(12)3-5-16-8/h1-5H,12H2,(H,13,14,15). The maximum absolute atomic E-state index is 11.8. The summed E-state index contributed by atoms with van der Waals surface area (Å²) >= 11 is 7.14. The number of aromatic nitrogens is 1. The number of carbonyl (C=O) groups is 1. The number of anilines is 2. The van der Waals surface area contributed by atoms with E-state index in [2.05, 4.69) is 10.3 Å². The molecule has 16 heavy (non-hydrogen) atoms. The molecule has 0 atom stereocenters. The van der Waals surface area contributed by atoms with E-state index in [1.807, 2.05) is 0 Å². The largest absolute Gasteiger partial charge is 0.397 e. The second-order valence-electron chi connectivity index (χ2n) is 2.99. The van der Waals surface area contributed by atoms with E-state index in [1.54, 1.807) is 29.8 Å². The Morgan fingerprint density at radius 1 is 1.50 bits per heavy atom. The number of nitrogens with zero attached hydrogens (tertiary/aromatic N) is 1. The lowest BCUT2D eigenvalue weighted by molar-refractivity contribution is 0.103. The van der Waals surface area contributed by atoms with Gasteiger partial charge in [-0.15, -0.1) is 11.3 Å². The molecule has 6 heteroatoms. The van der Waals surface area contributed by atoms with Crippen LogP contribution < -0.4 is 11.1 Å². The Hall–Kier alpha value is -1.59. The number of nitrogens with one attached hydrogen (secondary N) is 1. The van der Waals surface area contributed by atoms with Gasteiger partial charge in [0.1, 0.15) is 4.88 Å². The van der Waals surface area contributed by atoms with E-state index in [9.17, 15) is 4.79 Å². The van der Waals surface area contributed by atoms with Gasteiger partial charge in [-0.05, 0) is 23.6 Å². The Morgan fingerprint density at radius 3 is 2.94 bits per heavy atom. The van der Waals surface area contributed by atoms with E-state index in [0.29, 0.717) is 21.4 Å². The van der Waals surface area contributed by atoms with Gasteiger partial charge in [-0.3, -0.25) is 4.79 Å². The number of hydrogen-bond acceptors (Lipinski definition) is 4. The maximum Gasteiger partial charge on any atom is 0.269 e. The molecule has 4 nitrogen and oxygen atoms in total. The fourth-order valence-corrected chi connectivity index (χ4v) is 2.03. The van der Waals surface area contributed by atoms with E-state index >= 15 is 0 Å². The van der Waals surface area contributed by atoms with Gasteiger partial charge in [-0.25, -0.2) is 4.98 Å². The molecule has 0 saturated heterocycles. The van der Waals surface area contributed by atoms with Crippen molar-refractivity contribution < 1.29 is 4.79 Å². The lowest BCUT2D eigenvalue weighted by Gasteiger charge is -2.04. The fraction of sp³-hybridized carbons (Fsp3) is 0. The van der Waals surface area contributed by atoms with Gasteiger partial charge in [-0.1, -0.05) is 11.6 Å². The molecule has 3 N–H and O–H groups in total. The van der Waals surface area contributed by atoms with Crippen LogP contribution in [0.4, 0.5) is 11.5 Å². The zero-order valence-corrected chi connectivity index (χ0v) is 9.68. The monoisotopic (exact) mass is 253 g/mol. The Balaban J connectivity index is 2.21. The maximum atomic E-state index is 11.8. The summed E-state index contributed by atoms with van der Waals surface area (Å²) in [6.07, 6.45) is 1.55. The summed E-state index contributed by atoms with van der Waals surface area (Å²) in [6, 6.07) is 5.03. The summed E-state index contributed by atoms with van der Waals surface area (Å²) in [6.45, 7) is 0. The molecule has 2 heterocycles. The van der Waals surface area contributed by atoms with Crippen LogP contribution in [0.3, 0.4) is 0 Å². The van der Waals surface area contributed by atoms with Crippen molar-refractivity contribution in [3.63, 3.8) is 0 Å². The van der Waals surface area contributed by atoms with E-state index in [0.717, 1.165) is 0 Å². The van der Waals surface area contributed by atoms with Gasteiger partial charge in [0.05, 0.1) is 10.7 Å². The molecule has 2 aromatic rings. The third-order valence-corrected chi connectivity index (χ3v) is 3.13. The molecule has 0 aliphatic heterocycles. The first kappa shape index (κ1) is 10.9. The Kier molecular flexibility index (Phi) is 3.07. The molecular formula is C10H8ClN3OS. The van der Waals surface area contributed by atoms with Crippen molar-refractivity contribution in [2.24, 2.45) is 0 Å². The first-order valence-electron chi connectivity index (χ1n) is 4.43. The van der Waals surface area contributed by atoms with Crippen LogP contribution in [-0.2, 0) is 0 Å². The van der Waals surface area contributed by atoms with Crippen molar-refractivity contribution in [2.75, 3.05) is 11.1 Å². The molecule has 0 aliphatic rings. The topological polar surface area (TPSA) is 68.0 Å². The van der Waals surface area contributed by atoms with Gasteiger partial charge in [0.25, 0.3) is 5.91 Å². The second kappa shape index (κ2) is 4.51. The lowest BCUT2D eigenvalue weighted by atomic mass is 10.3. The number of nitrogen functional groups attached to an aromatic ring is 1. The third kappa shape index (κ3) is 2.15. The average molecular weight is 254 g/mol. The quantitative estimate of drug-likeness (QED) is 0.865. The summed E-state index contributed by atoms with van der Waals surface area (Å²) in [5.74, 6) is 0.0371. The molecular weight excluding hydrogens is 246 g/mol. The van der Waals surface area contributed by atoms with Crippen molar-refractivity contribution in [1.82, 2.24) is 4.98 Å². The highest BCUT2D eigenvalue weighted by Gasteiger charge is 2.13. The van der Waals surface area contributed by atoms with Crippen molar-refractivity contribution in [2.45, 2.75) is 0 Å². The van der Waals surface area contributed by atoms with Crippen LogP contribution in [-0.4, -0.2) is 10.9 Å². The van der Waals surface area contributed by atoms with Crippen LogP contribution in [0.25, 0.3) is 0 Å². The molecule has 82 valence electrons. The minimum absolute atomic E-state index is 0.298. The van der Waals surface area contributed by atoms with Crippen LogP contribution in [0.1, 0.15) is 9.67 Å². The van der Waals surface area contributed by atoms with E-state index in [-0.39, 0.29) is 5.91 Å². The first-order chi connectivity index (χ1) is 7.68. The number of rotatable bonds is 2. The molecule has 0 radical (unpaired) electrons. The van der Waals surface area contributed by atoms with Crippen molar-refractivity contribution in [3.05, 3.63) is 39.7 Å². The Morgan fingerprint density at radius 2 is 2.31 bits per heavy atom. The second-order valence-corrected chi connectivity index (χ2v) is 4.32. The minimum atomic E-state index is -0.298. The normalized spacial score (nSPS) is 10.1. The van der Waals surface area contributed by atoms with Gasteiger partial charge in [0.2, 0.25) is 0 Å². The van der Waals surface area contributed by atoms with Gasteiger partial charge >= 0.3 is 0 Å². The van der Waals surface area contributed by atoms with Crippen LogP contribution >= 0.6 is 22.9 Å². The minimum Gasteiger partial charge on any atom is -0.397 e. The van der Waals surface area contributed by atoms with E-state index in [1.165, 1.54) is 11.3 Å². The average Bonchev–Trinajstić information content (AvgIpc) is 2.68. The van der Waals surface area contributed by atoms with Gasteiger partial charge in [-0.2, -0.15) is 0 Å². The Bertz CT molecular complexity index is 526. The molecule has 1 amide bonds. The third-order valence-electron chi connectivity index (χ3n) is 1.89. The molecule has 0 aromatic carbocycles. The molecule has 0 saturated carbocycles. The molecule has 2 aromatic heterocycles. The summed E-state index contributed by atoms with van der Waals surface area (Å²) in [7, 11) is 0. The molecule has 0 unspecified atom stereocenters. The molecule has 0 spiro atoms. The number of amides is 1. The van der Waals surface area contributed by atoms with Crippen LogP contribution in [0.2, 0.25) is 5.02 Å². The first-order valence-corrected chi connectivity index (χ1v) is 5.69. The summed E-state index contributed by atoms with van der Waals surface area (Å²) in [4.78, 5) is 16.2. The summed E-state index contributed by atoms with van der Waals surface area (Å²) < 4.78 is 0. The zero-order valence-electron chi connectivity index (χ0n) is 8.11. The van der Waals surface area contributed by atoms with Gasteiger partial charge < -0.3 is 11.1 Å². The summed E-state index contributed by atoms with van der Waals surface area (Å²) in [5, 5.41) is 4.75. The number of pyridine rings is 1. The smallest absolute Gasteiger partial charge is 0.269 e. The number of carbonyl (C=O) groups excluding carboxylic acids is 1. The number of halogens is 1. The van der Waals surface area contributed by atoms with E-state index in [4.69, 9.17) is 17.3 Å². The summed E-state index contributed by atoms with van der Waals surface area (Å²) in [5.41, 5.74) is 6.08. The van der Waals surface area contributed by atoms with Gasteiger partial charge in [0, 0.05) is 6.20 Å². The molecule has 0 fully saturated rings. The number of nitrogens with two attached hydrogens (primary N) is 1. The fourth-order valence-electron chi connectivity index (χ4n) is 1.15. The number of hydrogen-bond donors (Lipinski definition) is 2. The zero-order chi connectivity index (χ0) is 11.5. The van der Waals surface area contributed by atoms with Crippen molar-refractivity contribution in [1.29, 1.82) is 0 Å². The Labute approximate surface area is 101 Å². The van der Waals surface area contributed by atoms with Crippen LogP contribution in [0.5, 0.6) is 0 Å². The highest BCUT2D eigenvalue weighted by atomic mass is 35.5. The molecule has 2 rings (SSSR count). The van der Waals surface area contributed by atoms with Crippen LogP contribution in [0, 0.1) is 0 Å².